The Morgan fingerprint density at radius 2 is 0.976 bits per heavy atom. The maximum absolute atomic E-state index is 12.4. The van der Waals surface area contributed by atoms with Gasteiger partial charge in [-0.15, -0.1) is 23.5 Å². The highest BCUT2D eigenvalue weighted by Crippen LogP contribution is 2.12. The number of rotatable bonds is 14. The third-order valence-electron chi connectivity index (χ3n) is 6.42. The van der Waals surface area contributed by atoms with Gasteiger partial charge in [-0.1, -0.05) is 24.3 Å². The zero-order valence-corrected chi connectivity index (χ0v) is 25.0. The fourth-order valence-corrected chi connectivity index (χ4v) is 4.88. The molecule has 0 atom stereocenters. The van der Waals surface area contributed by atoms with Crippen LogP contribution in [0.2, 0.25) is 0 Å². The molecule has 0 radical (unpaired) electrons. The second-order valence-corrected chi connectivity index (χ2v) is 11.1. The van der Waals surface area contributed by atoms with Gasteiger partial charge in [0.2, 0.25) is 0 Å². The van der Waals surface area contributed by atoms with Crippen LogP contribution in [-0.4, -0.2) is 50.6 Å². The predicted octanol–water partition coefficient (Wildman–Crippen LogP) is 3.98. The molecule has 4 rings (SSSR count). The van der Waals surface area contributed by atoms with Crippen molar-refractivity contribution >= 4 is 35.3 Å². The minimum absolute atomic E-state index is 0.135. The number of thioether (sulfide) groups is 2. The summed E-state index contributed by atoms with van der Waals surface area (Å²) in [6.45, 7) is 3.02. The van der Waals surface area contributed by atoms with Crippen molar-refractivity contribution in [3.8, 4) is 0 Å². The van der Waals surface area contributed by atoms with Crippen LogP contribution < -0.4 is 19.8 Å². The molecule has 9 heteroatoms. The number of benzene rings is 2. The monoisotopic (exact) mass is 588 g/mol. The molecule has 0 aliphatic rings. The molecule has 4 aromatic rings. The second-order valence-electron chi connectivity index (χ2n) is 9.34. The van der Waals surface area contributed by atoms with Crippen LogP contribution >= 0.6 is 23.5 Å². The van der Waals surface area contributed by atoms with Crippen LogP contribution in [0.5, 0.6) is 0 Å². The molecule has 0 aliphatic heterocycles. The predicted molar refractivity (Wildman–Crippen MR) is 163 cm³/mol. The van der Waals surface area contributed by atoms with Gasteiger partial charge >= 0.3 is 0 Å². The molecule has 0 unspecified atom stereocenters. The van der Waals surface area contributed by atoms with E-state index in [0.717, 1.165) is 24.2 Å². The normalized spacial score (nSPS) is 10.8. The maximum atomic E-state index is 12.4. The molecule has 212 valence electrons. The lowest BCUT2D eigenvalue weighted by atomic mass is 10.1. The largest absolute Gasteiger partial charge is 0.378 e. The zero-order chi connectivity index (χ0) is 28.9. The van der Waals surface area contributed by atoms with Gasteiger partial charge in [-0.2, -0.15) is 0 Å². The smallest absolute Gasteiger partial charge is 0.251 e. The van der Waals surface area contributed by atoms with E-state index in [1.165, 1.54) is 9.79 Å². The first-order valence-corrected chi connectivity index (χ1v) is 15.9. The van der Waals surface area contributed by atoms with Gasteiger partial charge in [0.05, 0.1) is 13.2 Å². The molecule has 41 heavy (non-hydrogen) atoms. The summed E-state index contributed by atoms with van der Waals surface area (Å²) in [6, 6.07) is 23.6. The average molecular weight is 589 g/mol. The third-order valence-corrected chi connectivity index (χ3v) is 7.91. The number of hydrogen-bond donors (Lipinski definition) is 2. The number of nitrogens with zero attached hydrogens (tertiary/aromatic N) is 2. The van der Waals surface area contributed by atoms with Gasteiger partial charge in [-0.05, 0) is 36.8 Å². The fourth-order valence-electron chi connectivity index (χ4n) is 4.09. The van der Waals surface area contributed by atoms with Crippen molar-refractivity contribution in [3.05, 3.63) is 120 Å². The number of pyridine rings is 2. The molecule has 0 bridgehead atoms. The second kappa shape index (κ2) is 16.0. The van der Waals surface area contributed by atoms with Crippen LogP contribution in [-0.2, 0) is 17.8 Å². The molecular formula is C32H36N4O3S2+2. The third kappa shape index (κ3) is 9.74. The van der Waals surface area contributed by atoms with E-state index in [1.54, 1.807) is 23.5 Å². The van der Waals surface area contributed by atoms with Crippen molar-refractivity contribution in [2.24, 2.45) is 0 Å². The number of carbonyl (C=O) groups is 2. The number of carbonyl (C=O) groups excluding carboxylic acids is 2. The molecule has 0 aliphatic carbocycles. The summed E-state index contributed by atoms with van der Waals surface area (Å²) in [5, 5.41) is 5.75. The van der Waals surface area contributed by atoms with Gasteiger partial charge in [0, 0.05) is 69.4 Å². The highest BCUT2D eigenvalue weighted by Gasteiger charge is 2.09. The van der Waals surface area contributed by atoms with Crippen LogP contribution in [0.1, 0.15) is 31.8 Å². The van der Waals surface area contributed by atoms with Crippen molar-refractivity contribution in [1.29, 1.82) is 0 Å². The summed E-state index contributed by atoms with van der Waals surface area (Å²) in [5.74, 6) is -0.270. The average Bonchev–Trinajstić information content (AvgIpc) is 3.02. The van der Waals surface area contributed by atoms with Gasteiger partial charge in [0.15, 0.2) is 37.9 Å². The van der Waals surface area contributed by atoms with Gasteiger partial charge in [0.25, 0.3) is 11.8 Å². The first-order chi connectivity index (χ1) is 20.0. The minimum Gasteiger partial charge on any atom is -0.378 e. The van der Waals surface area contributed by atoms with Crippen LogP contribution in [0.15, 0.2) is 107 Å². The van der Waals surface area contributed by atoms with E-state index in [0.29, 0.717) is 37.4 Å². The van der Waals surface area contributed by atoms with Gasteiger partial charge in [-0.3, -0.25) is 9.59 Å². The molecule has 0 fully saturated rings. The quantitative estimate of drug-likeness (QED) is 0.133. The highest BCUT2D eigenvalue weighted by atomic mass is 32.2. The van der Waals surface area contributed by atoms with Crippen molar-refractivity contribution < 1.29 is 23.5 Å². The Kier molecular flexibility index (Phi) is 11.8. The Bertz CT molecular complexity index is 1290. The maximum Gasteiger partial charge on any atom is 0.251 e. The molecule has 7 nitrogen and oxygen atoms in total. The van der Waals surface area contributed by atoms with E-state index >= 15 is 0 Å². The lowest BCUT2D eigenvalue weighted by Crippen LogP contribution is -2.33. The molecule has 2 aromatic carbocycles. The summed E-state index contributed by atoms with van der Waals surface area (Å²) in [5.41, 5.74) is 3.48. The number of aromatic nitrogens is 2. The summed E-state index contributed by atoms with van der Waals surface area (Å²) in [7, 11) is 0. The van der Waals surface area contributed by atoms with Crippen molar-refractivity contribution in [1.82, 2.24) is 10.6 Å². The van der Waals surface area contributed by atoms with E-state index in [2.05, 4.69) is 81.3 Å². The molecular weight excluding hydrogens is 553 g/mol. The van der Waals surface area contributed by atoms with Crippen LogP contribution in [0, 0.1) is 0 Å². The summed E-state index contributed by atoms with van der Waals surface area (Å²) in [4.78, 5) is 27.3. The topological polar surface area (TPSA) is 75.2 Å². The summed E-state index contributed by atoms with van der Waals surface area (Å²) in [6.07, 6.45) is 12.4. The number of ether oxygens (including phenoxy) is 1. The molecule has 0 saturated carbocycles. The molecule has 2 N–H and O–H groups in total. The summed E-state index contributed by atoms with van der Waals surface area (Å²) < 4.78 is 9.79. The van der Waals surface area contributed by atoms with E-state index in [-0.39, 0.29) is 11.8 Å². The standard InChI is InChI=1S/C32H34N4O3S2/c1-40-29-11-17-35(18-12-29)23-25-3-7-27(8-4-25)31(37)33-15-21-39-22-16-34-32(38)28-9-5-26(6-10-28)24-36-19-13-30(41-2)14-20-36/h3-14,17-20H,15-16,21-24H2,1-2H3/p+2. The van der Waals surface area contributed by atoms with Crippen molar-refractivity contribution in [2.75, 3.05) is 38.8 Å². The van der Waals surface area contributed by atoms with Gasteiger partial charge < -0.3 is 15.4 Å². The highest BCUT2D eigenvalue weighted by molar-refractivity contribution is 7.98. The lowest BCUT2D eigenvalue weighted by Gasteiger charge is -2.08. The Morgan fingerprint density at radius 3 is 1.32 bits per heavy atom. The minimum atomic E-state index is -0.135. The molecule has 0 saturated heterocycles. The number of amides is 2. The fraction of sp³-hybridized carbons (Fsp3) is 0.250. The van der Waals surface area contributed by atoms with E-state index in [9.17, 15) is 9.59 Å². The Labute approximate surface area is 250 Å². The molecule has 2 heterocycles. The first-order valence-electron chi connectivity index (χ1n) is 13.4. The summed E-state index contributed by atoms with van der Waals surface area (Å²) >= 11 is 3.44. The Balaban J connectivity index is 1.09. The van der Waals surface area contributed by atoms with Crippen molar-refractivity contribution in [2.45, 2.75) is 22.9 Å². The number of nitrogens with one attached hydrogen (secondary N) is 2. The SMILES string of the molecule is CSc1cc[n+](Cc2ccc(C(=O)NCCOCCNC(=O)c3ccc(C[n+]4ccc(SC)cc4)cc3)cc2)cc1. The van der Waals surface area contributed by atoms with E-state index < -0.39 is 0 Å². The van der Waals surface area contributed by atoms with Gasteiger partial charge in [0.1, 0.15) is 0 Å². The first kappa shape index (κ1) is 30.3. The van der Waals surface area contributed by atoms with Crippen LogP contribution in [0.25, 0.3) is 0 Å². The Morgan fingerprint density at radius 1 is 0.610 bits per heavy atom. The van der Waals surface area contributed by atoms with Gasteiger partial charge in [-0.25, -0.2) is 9.13 Å². The van der Waals surface area contributed by atoms with Crippen LogP contribution in [0.3, 0.4) is 0 Å². The molecule has 0 spiro atoms. The van der Waals surface area contributed by atoms with E-state index in [1.807, 2.05) is 48.5 Å². The number of hydrogen-bond acceptors (Lipinski definition) is 5. The van der Waals surface area contributed by atoms with E-state index in [4.69, 9.17) is 4.74 Å². The zero-order valence-electron chi connectivity index (χ0n) is 23.4. The lowest BCUT2D eigenvalue weighted by molar-refractivity contribution is -0.688. The van der Waals surface area contributed by atoms with Crippen LogP contribution in [0.4, 0.5) is 0 Å². The molecule has 2 amide bonds. The van der Waals surface area contributed by atoms with Crippen molar-refractivity contribution in [3.63, 3.8) is 0 Å². The molecule has 2 aromatic heterocycles. The Hall–Kier alpha value is -3.66.